The van der Waals surface area contributed by atoms with Crippen LogP contribution in [0.2, 0.25) is 0 Å². The van der Waals surface area contributed by atoms with Crippen molar-refractivity contribution in [1.29, 1.82) is 0 Å². The fourth-order valence-electron chi connectivity index (χ4n) is 3.79. The predicted molar refractivity (Wildman–Crippen MR) is 91.8 cm³/mol. The smallest absolute Gasteiger partial charge is 0.245 e. The van der Waals surface area contributed by atoms with E-state index in [-0.39, 0.29) is 11.4 Å². The average Bonchev–Trinajstić information content (AvgIpc) is 3.07. The average molecular weight is 338 g/mol. The van der Waals surface area contributed by atoms with Crippen LogP contribution in [0.4, 0.5) is 11.8 Å². The monoisotopic (exact) mass is 338 g/mol. The normalized spacial score (nSPS) is 19.4. The molecular weight excluding hydrogens is 320 g/mol. The molecule has 128 valence electrons. The molecule has 1 aliphatic carbocycles. The third-order valence-electron chi connectivity index (χ3n) is 5.17. The molecule has 1 aliphatic heterocycles. The molecular formula is C16H18N8O. The number of nitrogens with one attached hydrogen (secondary N) is 2. The van der Waals surface area contributed by atoms with Crippen LogP contribution in [0.1, 0.15) is 29.9 Å². The molecule has 2 fully saturated rings. The van der Waals surface area contributed by atoms with Crippen molar-refractivity contribution >= 4 is 29.1 Å². The van der Waals surface area contributed by atoms with Crippen LogP contribution in [0.25, 0.3) is 11.0 Å². The maximum atomic E-state index is 10.9. The van der Waals surface area contributed by atoms with Gasteiger partial charge in [-0.2, -0.15) is 4.98 Å². The SMILES string of the molecule is O=Cc1nc(N2CCCN(c3ncnc4[nH]ccc34)CC23CC3)n[nH]1. The van der Waals surface area contributed by atoms with E-state index in [1.54, 1.807) is 6.33 Å². The number of H-pyrrole nitrogens is 2. The molecule has 9 nitrogen and oxygen atoms in total. The van der Waals surface area contributed by atoms with Gasteiger partial charge in [-0.1, -0.05) is 0 Å². The lowest BCUT2D eigenvalue weighted by molar-refractivity contribution is 0.111. The summed E-state index contributed by atoms with van der Waals surface area (Å²) in [5.74, 6) is 1.87. The topological polar surface area (TPSA) is 107 Å². The third-order valence-corrected chi connectivity index (χ3v) is 5.17. The van der Waals surface area contributed by atoms with E-state index in [2.05, 4.69) is 39.9 Å². The van der Waals surface area contributed by atoms with Gasteiger partial charge in [0.05, 0.1) is 10.9 Å². The number of carbonyl (C=O) groups excluding carboxylic acids is 1. The predicted octanol–water partition coefficient (Wildman–Crippen LogP) is 1.14. The molecule has 3 aromatic rings. The van der Waals surface area contributed by atoms with Crippen LogP contribution in [0.3, 0.4) is 0 Å². The molecule has 0 unspecified atom stereocenters. The Hall–Kier alpha value is -2.97. The van der Waals surface area contributed by atoms with Crippen LogP contribution < -0.4 is 9.80 Å². The van der Waals surface area contributed by atoms with E-state index in [0.717, 1.165) is 55.7 Å². The molecule has 4 heterocycles. The van der Waals surface area contributed by atoms with Crippen LogP contribution in [0.5, 0.6) is 0 Å². The van der Waals surface area contributed by atoms with E-state index in [4.69, 9.17) is 0 Å². The molecule has 1 saturated heterocycles. The summed E-state index contributed by atoms with van der Waals surface area (Å²) in [6, 6.07) is 2.03. The molecule has 0 radical (unpaired) electrons. The van der Waals surface area contributed by atoms with Crippen LogP contribution in [0, 0.1) is 0 Å². The number of rotatable bonds is 3. The molecule has 2 aliphatic rings. The Morgan fingerprint density at radius 1 is 1.24 bits per heavy atom. The highest BCUT2D eigenvalue weighted by Gasteiger charge is 2.51. The van der Waals surface area contributed by atoms with Crippen molar-refractivity contribution in [2.24, 2.45) is 0 Å². The molecule has 3 aromatic heterocycles. The maximum Gasteiger partial charge on any atom is 0.245 e. The summed E-state index contributed by atoms with van der Waals surface area (Å²) in [7, 11) is 0. The molecule has 0 bridgehead atoms. The lowest BCUT2D eigenvalue weighted by Crippen LogP contribution is -2.44. The third kappa shape index (κ3) is 2.26. The second-order valence-electron chi connectivity index (χ2n) is 6.73. The zero-order valence-electron chi connectivity index (χ0n) is 13.6. The zero-order valence-corrected chi connectivity index (χ0v) is 13.6. The van der Waals surface area contributed by atoms with E-state index < -0.39 is 0 Å². The Morgan fingerprint density at radius 2 is 2.16 bits per heavy atom. The molecule has 5 rings (SSSR count). The van der Waals surface area contributed by atoms with E-state index in [9.17, 15) is 4.79 Å². The molecule has 1 saturated carbocycles. The van der Waals surface area contributed by atoms with E-state index in [1.165, 1.54) is 0 Å². The van der Waals surface area contributed by atoms with E-state index >= 15 is 0 Å². The maximum absolute atomic E-state index is 10.9. The van der Waals surface area contributed by atoms with Crippen molar-refractivity contribution in [3.63, 3.8) is 0 Å². The molecule has 1 spiro atoms. The van der Waals surface area contributed by atoms with Gasteiger partial charge in [-0.05, 0) is 25.3 Å². The summed E-state index contributed by atoms with van der Waals surface area (Å²) in [5.41, 5.74) is 0.882. The second kappa shape index (κ2) is 5.27. The number of fused-ring (bicyclic) bond motifs is 1. The molecule has 0 amide bonds. The number of anilines is 2. The fraction of sp³-hybridized carbons (Fsp3) is 0.438. The van der Waals surface area contributed by atoms with Crippen LogP contribution in [-0.2, 0) is 0 Å². The Kier molecular flexibility index (Phi) is 3.03. The minimum absolute atomic E-state index is 0.0203. The zero-order chi connectivity index (χ0) is 16.9. The lowest BCUT2D eigenvalue weighted by Gasteiger charge is -2.31. The number of hydrogen-bond acceptors (Lipinski definition) is 7. The van der Waals surface area contributed by atoms with Crippen molar-refractivity contribution in [2.75, 3.05) is 29.4 Å². The van der Waals surface area contributed by atoms with Gasteiger partial charge in [0.25, 0.3) is 0 Å². The van der Waals surface area contributed by atoms with Gasteiger partial charge in [-0.15, -0.1) is 5.10 Å². The van der Waals surface area contributed by atoms with Gasteiger partial charge in [0.15, 0.2) is 12.1 Å². The fourth-order valence-corrected chi connectivity index (χ4v) is 3.79. The Balaban J connectivity index is 1.48. The summed E-state index contributed by atoms with van der Waals surface area (Å²) in [5, 5.41) is 7.98. The quantitative estimate of drug-likeness (QED) is 0.690. The van der Waals surface area contributed by atoms with E-state index in [1.807, 2.05) is 12.3 Å². The van der Waals surface area contributed by atoms with Crippen molar-refractivity contribution in [1.82, 2.24) is 30.1 Å². The second-order valence-corrected chi connectivity index (χ2v) is 6.73. The molecule has 9 heteroatoms. The van der Waals surface area contributed by atoms with E-state index in [0.29, 0.717) is 12.2 Å². The first-order chi connectivity index (χ1) is 12.3. The van der Waals surface area contributed by atoms with Gasteiger partial charge < -0.3 is 14.8 Å². The summed E-state index contributed by atoms with van der Waals surface area (Å²) in [6.07, 6.45) is 7.37. The largest absolute Gasteiger partial charge is 0.354 e. The van der Waals surface area contributed by atoms with Crippen molar-refractivity contribution in [3.8, 4) is 0 Å². The number of carbonyl (C=O) groups is 1. The summed E-state index contributed by atoms with van der Waals surface area (Å²) >= 11 is 0. The lowest BCUT2D eigenvalue weighted by atomic mass is 10.2. The highest BCUT2D eigenvalue weighted by atomic mass is 16.1. The molecule has 0 aromatic carbocycles. The summed E-state index contributed by atoms with van der Waals surface area (Å²) in [6.45, 7) is 2.66. The van der Waals surface area contributed by atoms with Gasteiger partial charge in [0, 0.05) is 25.8 Å². The highest BCUT2D eigenvalue weighted by Crippen LogP contribution is 2.46. The summed E-state index contributed by atoms with van der Waals surface area (Å²) < 4.78 is 0. The number of hydrogen-bond donors (Lipinski definition) is 2. The Morgan fingerprint density at radius 3 is 2.96 bits per heavy atom. The number of aldehydes is 1. The van der Waals surface area contributed by atoms with Gasteiger partial charge in [0.2, 0.25) is 5.95 Å². The molecule has 2 N–H and O–H groups in total. The number of aromatic amines is 2. The minimum atomic E-state index is 0.0203. The van der Waals surface area contributed by atoms with Crippen LogP contribution in [-0.4, -0.2) is 61.6 Å². The minimum Gasteiger partial charge on any atom is -0.354 e. The Bertz CT molecular complexity index is 927. The van der Waals surface area contributed by atoms with Crippen LogP contribution in [0.15, 0.2) is 18.6 Å². The molecule has 0 atom stereocenters. The van der Waals surface area contributed by atoms with Crippen molar-refractivity contribution in [2.45, 2.75) is 24.8 Å². The summed E-state index contributed by atoms with van der Waals surface area (Å²) in [4.78, 5) is 31.8. The highest BCUT2D eigenvalue weighted by molar-refractivity contribution is 5.87. The number of aromatic nitrogens is 6. The Labute approximate surface area is 143 Å². The van der Waals surface area contributed by atoms with Gasteiger partial charge in [-0.25, -0.2) is 9.97 Å². The van der Waals surface area contributed by atoms with Crippen LogP contribution >= 0.6 is 0 Å². The van der Waals surface area contributed by atoms with Gasteiger partial charge >= 0.3 is 0 Å². The standard InChI is InChI=1S/C16H18N8O/c25-8-12-20-15(22-21-12)24-7-1-6-23(9-16(24)3-4-16)14-11-2-5-17-13(11)18-10-19-14/h2,5,8,10H,1,3-4,6-7,9H2,(H,17,18,19)(H,20,21,22). The van der Waals surface area contributed by atoms with Crippen molar-refractivity contribution in [3.05, 3.63) is 24.4 Å². The first-order valence-electron chi connectivity index (χ1n) is 8.47. The first-order valence-corrected chi connectivity index (χ1v) is 8.47. The first kappa shape index (κ1) is 14.4. The number of nitrogens with zero attached hydrogens (tertiary/aromatic N) is 6. The van der Waals surface area contributed by atoms with Crippen molar-refractivity contribution < 1.29 is 4.79 Å². The van der Waals surface area contributed by atoms with Gasteiger partial charge in [-0.3, -0.25) is 9.89 Å². The van der Waals surface area contributed by atoms with Gasteiger partial charge in [0.1, 0.15) is 17.8 Å². The molecule has 25 heavy (non-hydrogen) atoms.